The van der Waals surface area contributed by atoms with Crippen LogP contribution in [-0.2, 0) is 13.9 Å². The van der Waals surface area contributed by atoms with E-state index in [-0.39, 0.29) is 46.1 Å². The standard InChI is InChI=1S/C8H8ClNO4S2.Na.H/c9-6-1-3-7(4-2-6)10-8(11)5-15-16(12,13)14;;/h1-4H,5H2,(H,10,11)(H,12,13,14);;. The summed E-state index contributed by atoms with van der Waals surface area (Å²) in [6.07, 6.45) is 0. The summed E-state index contributed by atoms with van der Waals surface area (Å²) in [4.78, 5) is 11.2. The second-order valence-electron chi connectivity index (χ2n) is 2.74. The number of hydrogen-bond donors (Lipinski definition) is 2. The molecule has 1 aromatic carbocycles. The predicted octanol–water partition coefficient (Wildman–Crippen LogP) is 1.17. The molecule has 0 saturated carbocycles. The van der Waals surface area contributed by atoms with E-state index in [4.69, 9.17) is 16.2 Å². The Bertz CT molecular complexity index is 477. The Hall–Kier alpha value is 0.240. The van der Waals surface area contributed by atoms with Crippen molar-refractivity contribution in [1.29, 1.82) is 0 Å². The molecule has 2 N–H and O–H groups in total. The Morgan fingerprint density at radius 2 is 1.88 bits per heavy atom. The van der Waals surface area contributed by atoms with Crippen molar-refractivity contribution in [2.75, 3.05) is 11.1 Å². The zero-order valence-corrected chi connectivity index (χ0v) is 10.3. The van der Waals surface area contributed by atoms with Crippen molar-refractivity contribution in [1.82, 2.24) is 0 Å². The molecule has 0 heterocycles. The predicted molar refractivity (Wildman–Crippen MR) is 71.2 cm³/mol. The van der Waals surface area contributed by atoms with Crippen LogP contribution in [0.15, 0.2) is 24.3 Å². The van der Waals surface area contributed by atoms with Gasteiger partial charge in [0.1, 0.15) is 0 Å². The molecule has 1 rings (SSSR count). The van der Waals surface area contributed by atoms with Gasteiger partial charge in [-0.25, -0.2) is 0 Å². The van der Waals surface area contributed by atoms with Gasteiger partial charge in [0.25, 0.3) is 0 Å². The molecule has 90 valence electrons. The Labute approximate surface area is 130 Å². The van der Waals surface area contributed by atoms with Gasteiger partial charge in [0.15, 0.2) is 0 Å². The zero-order chi connectivity index (χ0) is 12.2. The van der Waals surface area contributed by atoms with E-state index >= 15 is 0 Å². The summed E-state index contributed by atoms with van der Waals surface area (Å²) in [5.74, 6) is -0.897. The van der Waals surface area contributed by atoms with E-state index in [9.17, 15) is 13.2 Å². The van der Waals surface area contributed by atoms with E-state index in [0.29, 0.717) is 10.7 Å². The van der Waals surface area contributed by atoms with Crippen LogP contribution in [0.4, 0.5) is 5.69 Å². The average molecular weight is 306 g/mol. The SMILES string of the molecule is O=C(CSS(=O)(=O)O)Nc1ccc(Cl)cc1.[NaH]. The average Bonchev–Trinajstić information content (AvgIpc) is 2.18. The summed E-state index contributed by atoms with van der Waals surface area (Å²) in [6.45, 7) is 0. The third kappa shape index (κ3) is 8.04. The van der Waals surface area contributed by atoms with Gasteiger partial charge in [-0.3, -0.25) is 9.35 Å². The van der Waals surface area contributed by atoms with Crippen molar-refractivity contribution in [3.63, 3.8) is 0 Å². The molecular formula is C8H9ClNNaO4S2. The molecule has 9 heteroatoms. The number of hydrogen-bond acceptors (Lipinski definition) is 4. The molecule has 0 fully saturated rings. The quantitative estimate of drug-likeness (QED) is 0.495. The van der Waals surface area contributed by atoms with Gasteiger partial charge >= 0.3 is 38.7 Å². The van der Waals surface area contributed by atoms with E-state index in [1.54, 1.807) is 24.3 Å². The number of rotatable bonds is 4. The number of carbonyl (C=O) groups excluding carboxylic acids is 1. The van der Waals surface area contributed by atoms with Crippen LogP contribution in [0.5, 0.6) is 0 Å². The van der Waals surface area contributed by atoms with Crippen molar-refractivity contribution in [2.24, 2.45) is 0 Å². The molecule has 0 radical (unpaired) electrons. The van der Waals surface area contributed by atoms with E-state index in [1.165, 1.54) is 0 Å². The van der Waals surface area contributed by atoms with Gasteiger partial charge in [-0.1, -0.05) is 11.6 Å². The summed E-state index contributed by atoms with van der Waals surface area (Å²) in [5.41, 5.74) is 0.505. The van der Waals surface area contributed by atoms with Gasteiger partial charge < -0.3 is 5.32 Å². The van der Waals surface area contributed by atoms with Crippen LogP contribution >= 0.6 is 22.4 Å². The van der Waals surface area contributed by atoms with E-state index < -0.39 is 15.1 Å². The molecule has 5 nitrogen and oxygen atoms in total. The first-order valence-electron chi connectivity index (χ1n) is 4.04. The van der Waals surface area contributed by atoms with Crippen molar-refractivity contribution in [3.05, 3.63) is 29.3 Å². The number of amides is 1. The number of halogens is 1. The van der Waals surface area contributed by atoms with Gasteiger partial charge in [0, 0.05) is 21.5 Å². The van der Waals surface area contributed by atoms with Gasteiger partial charge in [0.2, 0.25) is 5.91 Å². The first kappa shape index (κ1) is 17.2. The van der Waals surface area contributed by atoms with Crippen LogP contribution in [0.25, 0.3) is 0 Å². The second kappa shape index (κ2) is 7.63. The summed E-state index contributed by atoms with van der Waals surface area (Å²) in [6, 6.07) is 6.34. The first-order valence-corrected chi connectivity index (χ1v) is 7.36. The fourth-order valence-corrected chi connectivity index (χ4v) is 2.08. The molecule has 0 aliphatic carbocycles. The molecular weight excluding hydrogens is 297 g/mol. The van der Waals surface area contributed by atoms with Crippen LogP contribution in [0.1, 0.15) is 0 Å². The molecule has 1 aromatic rings. The Balaban J connectivity index is 0.00000256. The molecule has 0 aliphatic rings. The van der Waals surface area contributed by atoms with Crippen LogP contribution in [0.2, 0.25) is 5.02 Å². The second-order valence-corrected chi connectivity index (χ2v) is 6.53. The van der Waals surface area contributed by atoms with Crippen LogP contribution < -0.4 is 5.32 Å². The molecule has 1 amide bonds. The zero-order valence-electron chi connectivity index (χ0n) is 7.88. The maximum absolute atomic E-state index is 11.2. The van der Waals surface area contributed by atoms with E-state index in [1.807, 2.05) is 0 Å². The summed E-state index contributed by atoms with van der Waals surface area (Å²) in [7, 11) is -4.03. The van der Waals surface area contributed by atoms with Crippen LogP contribution in [0.3, 0.4) is 0 Å². The summed E-state index contributed by atoms with van der Waals surface area (Å²) in [5, 5.41) is 2.98. The van der Waals surface area contributed by atoms with Crippen molar-refractivity contribution in [3.8, 4) is 0 Å². The van der Waals surface area contributed by atoms with Gasteiger partial charge in [-0.05, 0) is 24.3 Å². The molecule has 17 heavy (non-hydrogen) atoms. The Morgan fingerprint density at radius 3 is 2.35 bits per heavy atom. The maximum atomic E-state index is 11.2. The van der Waals surface area contributed by atoms with Crippen molar-refractivity contribution in [2.45, 2.75) is 0 Å². The molecule has 0 unspecified atom stereocenters. The minimum absolute atomic E-state index is 0. The number of nitrogens with one attached hydrogen (secondary N) is 1. The first-order chi connectivity index (χ1) is 7.37. The summed E-state index contributed by atoms with van der Waals surface area (Å²) >= 11 is 5.64. The minimum atomic E-state index is -4.18. The molecule has 0 atom stereocenters. The molecule has 0 aromatic heterocycles. The van der Waals surface area contributed by atoms with E-state index in [0.717, 1.165) is 0 Å². The fourth-order valence-electron chi connectivity index (χ4n) is 0.858. The molecule has 0 spiro atoms. The number of anilines is 1. The van der Waals surface area contributed by atoms with Gasteiger partial charge in [-0.15, -0.1) is 0 Å². The normalized spacial score (nSPS) is 10.5. The van der Waals surface area contributed by atoms with Crippen molar-refractivity contribution < 1.29 is 17.8 Å². The van der Waals surface area contributed by atoms with Crippen LogP contribution in [0, 0.1) is 0 Å². The third-order valence-corrected chi connectivity index (χ3v) is 3.64. The van der Waals surface area contributed by atoms with E-state index in [2.05, 4.69) is 5.32 Å². The number of benzene rings is 1. The van der Waals surface area contributed by atoms with Crippen molar-refractivity contribution >= 4 is 72.7 Å². The summed E-state index contributed by atoms with van der Waals surface area (Å²) < 4.78 is 29.1. The molecule has 0 aliphatic heterocycles. The molecule has 0 saturated heterocycles. The monoisotopic (exact) mass is 305 g/mol. The third-order valence-electron chi connectivity index (χ3n) is 1.47. The fraction of sp³-hybridized carbons (Fsp3) is 0.125. The van der Waals surface area contributed by atoms with Gasteiger partial charge in [-0.2, -0.15) is 8.42 Å². The van der Waals surface area contributed by atoms with Crippen LogP contribution in [-0.4, -0.2) is 54.2 Å². The number of carbonyl (C=O) groups is 1. The Morgan fingerprint density at radius 1 is 1.35 bits per heavy atom. The van der Waals surface area contributed by atoms with Gasteiger partial charge in [0.05, 0.1) is 5.75 Å². The Kier molecular flexibility index (Phi) is 7.73. The topological polar surface area (TPSA) is 83.5 Å². The molecule has 0 bridgehead atoms.